The van der Waals surface area contributed by atoms with E-state index in [1.165, 1.54) is 17.5 Å². The summed E-state index contributed by atoms with van der Waals surface area (Å²) in [6, 6.07) is 0. The van der Waals surface area contributed by atoms with Crippen molar-refractivity contribution in [2.75, 3.05) is 18.8 Å². The second-order valence-corrected chi connectivity index (χ2v) is 3.48. The third-order valence-corrected chi connectivity index (χ3v) is 2.73. The van der Waals surface area contributed by atoms with E-state index >= 15 is 0 Å². The zero-order valence-electron chi connectivity index (χ0n) is 5.79. The van der Waals surface area contributed by atoms with E-state index in [0.29, 0.717) is 0 Å². The molecule has 0 saturated carbocycles. The van der Waals surface area contributed by atoms with E-state index < -0.39 is 0 Å². The predicted molar refractivity (Wildman–Crippen MR) is 45.2 cm³/mol. The zero-order valence-corrected chi connectivity index (χ0v) is 6.60. The van der Waals surface area contributed by atoms with Crippen molar-refractivity contribution in [2.45, 2.75) is 6.42 Å². The van der Waals surface area contributed by atoms with Gasteiger partial charge in [0.2, 0.25) is 0 Å². The largest absolute Gasteiger partial charge is 0.350 e. The number of aliphatic imine (C=N–C) groups is 1. The maximum absolute atomic E-state index is 4.31. The molecule has 0 atom stereocenters. The highest BCUT2D eigenvalue weighted by molar-refractivity contribution is 8.14. The Hall–Kier alpha value is -0.440. The summed E-state index contributed by atoms with van der Waals surface area (Å²) in [5.74, 6) is 1.21. The SMILES string of the molecule is C1=CN=C2SCCN2CC1. The van der Waals surface area contributed by atoms with Gasteiger partial charge in [-0.15, -0.1) is 0 Å². The average Bonchev–Trinajstić information content (AvgIpc) is 2.28. The van der Waals surface area contributed by atoms with E-state index in [0.717, 1.165) is 13.0 Å². The molecule has 2 heterocycles. The molecule has 0 radical (unpaired) electrons. The second-order valence-electron chi connectivity index (χ2n) is 2.42. The lowest BCUT2D eigenvalue weighted by atomic mass is 10.4. The number of rotatable bonds is 0. The van der Waals surface area contributed by atoms with Crippen LogP contribution in [0.1, 0.15) is 6.42 Å². The smallest absolute Gasteiger partial charge is 0.163 e. The fourth-order valence-corrected chi connectivity index (χ4v) is 2.18. The topological polar surface area (TPSA) is 15.6 Å². The summed E-state index contributed by atoms with van der Waals surface area (Å²) in [6.07, 6.45) is 5.20. The van der Waals surface area contributed by atoms with E-state index in [-0.39, 0.29) is 0 Å². The summed E-state index contributed by atoms with van der Waals surface area (Å²) < 4.78 is 0. The molecule has 0 aromatic rings. The van der Waals surface area contributed by atoms with Crippen LogP contribution < -0.4 is 0 Å². The van der Waals surface area contributed by atoms with Gasteiger partial charge in [0.15, 0.2) is 5.17 Å². The summed E-state index contributed by atoms with van der Waals surface area (Å²) in [6.45, 7) is 2.34. The molecule has 1 saturated heterocycles. The summed E-state index contributed by atoms with van der Waals surface area (Å²) in [5.41, 5.74) is 0. The molecule has 0 aromatic heterocycles. The van der Waals surface area contributed by atoms with Crippen molar-refractivity contribution in [3.8, 4) is 0 Å². The summed E-state index contributed by atoms with van der Waals surface area (Å²) in [7, 11) is 0. The first-order chi connectivity index (χ1) is 4.97. The van der Waals surface area contributed by atoms with Crippen molar-refractivity contribution in [1.29, 1.82) is 0 Å². The Kier molecular flexibility index (Phi) is 1.67. The molecule has 2 rings (SSSR count). The van der Waals surface area contributed by atoms with Crippen LogP contribution in [-0.4, -0.2) is 28.9 Å². The third kappa shape index (κ3) is 1.06. The minimum atomic E-state index is 1.15. The van der Waals surface area contributed by atoms with Crippen LogP contribution in [0.5, 0.6) is 0 Å². The first-order valence-electron chi connectivity index (χ1n) is 3.57. The van der Waals surface area contributed by atoms with Crippen molar-refractivity contribution in [3.05, 3.63) is 12.3 Å². The number of hydrogen-bond donors (Lipinski definition) is 0. The molecule has 2 aliphatic rings. The monoisotopic (exact) mass is 154 g/mol. The molecule has 0 N–H and O–H groups in total. The van der Waals surface area contributed by atoms with Gasteiger partial charge >= 0.3 is 0 Å². The van der Waals surface area contributed by atoms with Crippen LogP contribution in [0, 0.1) is 0 Å². The summed E-state index contributed by atoms with van der Waals surface area (Å²) in [5, 5.41) is 1.22. The minimum absolute atomic E-state index is 1.15. The van der Waals surface area contributed by atoms with Gasteiger partial charge in [-0.2, -0.15) is 0 Å². The van der Waals surface area contributed by atoms with Gasteiger partial charge in [0, 0.05) is 25.0 Å². The molecule has 0 unspecified atom stereocenters. The Morgan fingerprint density at radius 2 is 2.50 bits per heavy atom. The molecular formula is C7H10N2S. The van der Waals surface area contributed by atoms with Gasteiger partial charge in [0.1, 0.15) is 0 Å². The Labute approximate surface area is 65.0 Å². The lowest BCUT2D eigenvalue weighted by Crippen LogP contribution is -2.24. The number of fused-ring (bicyclic) bond motifs is 1. The van der Waals surface area contributed by atoms with E-state index in [2.05, 4.69) is 16.0 Å². The molecular weight excluding hydrogens is 144 g/mol. The summed E-state index contributed by atoms with van der Waals surface area (Å²) in [4.78, 5) is 6.66. The van der Waals surface area contributed by atoms with Crippen LogP contribution in [0.3, 0.4) is 0 Å². The first kappa shape index (κ1) is 6.28. The Morgan fingerprint density at radius 3 is 3.50 bits per heavy atom. The van der Waals surface area contributed by atoms with Crippen molar-refractivity contribution in [3.63, 3.8) is 0 Å². The van der Waals surface area contributed by atoms with Gasteiger partial charge in [-0.05, 0) is 6.42 Å². The van der Waals surface area contributed by atoms with E-state index in [9.17, 15) is 0 Å². The van der Waals surface area contributed by atoms with Crippen molar-refractivity contribution in [1.82, 2.24) is 4.90 Å². The molecule has 2 aliphatic heterocycles. The molecule has 0 amide bonds. The van der Waals surface area contributed by atoms with Gasteiger partial charge in [-0.3, -0.25) is 0 Å². The Balaban J connectivity index is 2.18. The van der Waals surface area contributed by atoms with E-state index in [4.69, 9.17) is 0 Å². The molecule has 10 heavy (non-hydrogen) atoms. The van der Waals surface area contributed by atoms with Crippen LogP contribution in [-0.2, 0) is 0 Å². The highest BCUT2D eigenvalue weighted by Crippen LogP contribution is 2.19. The highest BCUT2D eigenvalue weighted by Gasteiger charge is 2.18. The minimum Gasteiger partial charge on any atom is -0.350 e. The molecule has 3 heteroatoms. The number of nitrogens with zero attached hydrogens (tertiary/aromatic N) is 2. The fraction of sp³-hybridized carbons (Fsp3) is 0.571. The van der Waals surface area contributed by atoms with Crippen LogP contribution in [0.25, 0.3) is 0 Å². The Bertz CT molecular complexity index is 186. The Morgan fingerprint density at radius 1 is 1.50 bits per heavy atom. The highest BCUT2D eigenvalue weighted by atomic mass is 32.2. The molecule has 0 bridgehead atoms. The molecule has 0 aliphatic carbocycles. The van der Waals surface area contributed by atoms with Crippen molar-refractivity contribution in [2.24, 2.45) is 4.99 Å². The quantitative estimate of drug-likeness (QED) is 0.523. The molecule has 2 nitrogen and oxygen atoms in total. The lowest BCUT2D eigenvalue weighted by molar-refractivity contribution is 0.473. The van der Waals surface area contributed by atoms with E-state index in [1.807, 2.05) is 18.0 Å². The van der Waals surface area contributed by atoms with Crippen LogP contribution in [0.15, 0.2) is 17.3 Å². The van der Waals surface area contributed by atoms with E-state index in [1.54, 1.807) is 0 Å². The molecule has 0 spiro atoms. The number of hydrogen-bond acceptors (Lipinski definition) is 3. The number of amidine groups is 1. The molecule has 1 fully saturated rings. The standard InChI is InChI=1S/C7H10N2S/c1-2-4-9-5-6-10-7(9)8-3-1/h1,3H,2,4-6H2. The van der Waals surface area contributed by atoms with Gasteiger partial charge < -0.3 is 4.90 Å². The summed E-state index contributed by atoms with van der Waals surface area (Å²) >= 11 is 1.86. The second kappa shape index (κ2) is 2.66. The van der Waals surface area contributed by atoms with Crippen LogP contribution in [0.2, 0.25) is 0 Å². The van der Waals surface area contributed by atoms with Gasteiger partial charge in [0.25, 0.3) is 0 Å². The van der Waals surface area contributed by atoms with Gasteiger partial charge in [-0.25, -0.2) is 4.99 Å². The first-order valence-corrected chi connectivity index (χ1v) is 4.56. The predicted octanol–water partition coefficient (Wildman–Crippen LogP) is 1.31. The molecule has 54 valence electrons. The number of thioether (sulfide) groups is 1. The van der Waals surface area contributed by atoms with Gasteiger partial charge in [0.05, 0.1) is 0 Å². The third-order valence-electron chi connectivity index (χ3n) is 1.72. The lowest BCUT2D eigenvalue weighted by Gasteiger charge is -2.13. The van der Waals surface area contributed by atoms with Crippen LogP contribution in [0.4, 0.5) is 0 Å². The normalized spacial score (nSPS) is 24.0. The maximum atomic E-state index is 4.31. The fourth-order valence-electron chi connectivity index (χ4n) is 1.18. The molecule has 0 aromatic carbocycles. The maximum Gasteiger partial charge on any atom is 0.163 e. The van der Waals surface area contributed by atoms with Crippen molar-refractivity contribution < 1.29 is 0 Å². The zero-order chi connectivity index (χ0) is 6.81. The van der Waals surface area contributed by atoms with Crippen molar-refractivity contribution >= 4 is 16.9 Å². The average molecular weight is 154 g/mol. The van der Waals surface area contributed by atoms with Crippen LogP contribution >= 0.6 is 11.8 Å². The van der Waals surface area contributed by atoms with Gasteiger partial charge in [-0.1, -0.05) is 17.8 Å².